The van der Waals surface area contributed by atoms with Gasteiger partial charge in [0.25, 0.3) is 0 Å². The van der Waals surface area contributed by atoms with Crippen LogP contribution in [0.15, 0.2) is 24.3 Å². The summed E-state index contributed by atoms with van der Waals surface area (Å²) in [5.74, 6) is -1.62. The molecule has 1 fully saturated rings. The van der Waals surface area contributed by atoms with Crippen molar-refractivity contribution in [1.82, 2.24) is 25.3 Å². The van der Waals surface area contributed by atoms with E-state index in [0.29, 0.717) is 43.2 Å². The summed E-state index contributed by atoms with van der Waals surface area (Å²) in [6, 6.07) is 5.67. The molecule has 2 rings (SSSR count). The maximum Gasteiger partial charge on any atom is 0.409 e. The summed E-state index contributed by atoms with van der Waals surface area (Å²) in [7, 11) is 1.61. The van der Waals surface area contributed by atoms with Crippen LogP contribution in [0.3, 0.4) is 0 Å². The fraction of sp³-hybridized carbons (Fsp3) is 0.683. The highest BCUT2D eigenvalue weighted by Crippen LogP contribution is 2.26. The van der Waals surface area contributed by atoms with Crippen LogP contribution in [0.25, 0.3) is 0 Å². The Morgan fingerprint density at radius 1 is 0.931 bits per heavy atom. The zero-order chi connectivity index (χ0) is 43.2. The molecule has 0 spiro atoms. The molecule has 0 aliphatic carbocycles. The zero-order valence-corrected chi connectivity index (χ0v) is 35.4. The number of hydrogen-bond donors (Lipinski definition) is 4. The van der Waals surface area contributed by atoms with E-state index in [0.717, 1.165) is 25.7 Å². The Balaban J connectivity index is 1.70. The van der Waals surface area contributed by atoms with E-state index in [1.807, 2.05) is 20.8 Å². The molecule has 0 aromatic heterocycles. The van der Waals surface area contributed by atoms with Crippen molar-refractivity contribution >= 4 is 47.4 Å². The number of aliphatic hydroxyl groups is 1. The Hall–Kier alpha value is -4.77. The van der Waals surface area contributed by atoms with Gasteiger partial charge < -0.3 is 45.1 Å². The van der Waals surface area contributed by atoms with Gasteiger partial charge in [-0.1, -0.05) is 60.1 Å². The van der Waals surface area contributed by atoms with Gasteiger partial charge in [-0.3, -0.25) is 28.9 Å². The van der Waals surface area contributed by atoms with Crippen molar-refractivity contribution in [1.29, 1.82) is 0 Å². The fourth-order valence-corrected chi connectivity index (χ4v) is 6.26. The number of ether oxygens (including phenoxy) is 3. The molecule has 1 aliphatic rings. The van der Waals surface area contributed by atoms with E-state index in [1.165, 1.54) is 9.80 Å². The van der Waals surface area contributed by atoms with Gasteiger partial charge in [-0.15, -0.1) is 0 Å². The standard InChI is InChI=1S/C41H66N6O11/c1-8-30(11-10-21-48)16-17-46(35(50)9-2)19-18-45(7)41(55)58-27-31-12-14-32(15-13-31)43-34(49)26-42-38(52)37(29(5)6)44-40(54)57-24-23-56-22-20-47-36(51)25-33(28(3)4)39(47)53/h12-15,28-30,33,37,48H,8-11,16-27H2,1-7H3,(H,42,52)(H,43,49)(H,44,54). The molecular formula is C41H66N6O11. The molecule has 1 aromatic carbocycles. The number of hydrogen-bond acceptors (Lipinski definition) is 11. The summed E-state index contributed by atoms with van der Waals surface area (Å²) in [4.78, 5) is 92.0. The summed E-state index contributed by atoms with van der Waals surface area (Å²) >= 11 is 0. The quantitative estimate of drug-likeness (QED) is 0.0784. The molecule has 3 unspecified atom stereocenters. The number of carbonyl (C=O) groups is 7. The van der Waals surface area contributed by atoms with Crippen molar-refractivity contribution in [2.24, 2.45) is 23.7 Å². The molecule has 58 heavy (non-hydrogen) atoms. The second-order valence-electron chi connectivity index (χ2n) is 15.2. The molecule has 1 saturated heterocycles. The van der Waals surface area contributed by atoms with Gasteiger partial charge in [-0.25, -0.2) is 9.59 Å². The van der Waals surface area contributed by atoms with Gasteiger partial charge in [0.15, 0.2) is 0 Å². The first-order chi connectivity index (χ1) is 27.6. The Bertz CT molecular complexity index is 1490. The molecule has 7 amide bonds. The average Bonchev–Trinajstić information content (AvgIpc) is 3.49. The Labute approximate surface area is 342 Å². The van der Waals surface area contributed by atoms with Crippen LogP contribution in [0.5, 0.6) is 0 Å². The molecular weight excluding hydrogens is 752 g/mol. The molecule has 1 aromatic rings. The van der Waals surface area contributed by atoms with Crippen molar-refractivity contribution in [3.05, 3.63) is 29.8 Å². The van der Waals surface area contributed by atoms with Crippen molar-refractivity contribution in [3.8, 4) is 0 Å². The number of rotatable bonds is 26. The molecule has 0 bridgehead atoms. The number of carbonyl (C=O) groups excluding carboxylic acids is 7. The maximum atomic E-state index is 12.9. The van der Waals surface area contributed by atoms with E-state index in [4.69, 9.17) is 19.3 Å². The predicted molar refractivity (Wildman–Crippen MR) is 216 cm³/mol. The van der Waals surface area contributed by atoms with Crippen LogP contribution >= 0.6 is 0 Å². The summed E-state index contributed by atoms with van der Waals surface area (Å²) in [5.41, 5.74) is 1.14. The van der Waals surface area contributed by atoms with Crippen LogP contribution < -0.4 is 16.0 Å². The molecule has 1 heterocycles. The SMILES string of the molecule is CCC(=O)N(CCC(CC)CCCO)CCN(C)C(=O)OCc1ccc(NC(=O)CNC(=O)C(NC(=O)OCCOCCN2C(=O)CC(C(C)C)C2=O)C(C)C)cc1. The van der Waals surface area contributed by atoms with Crippen molar-refractivity contribution < 1.29 is 52.9 Å². The third kappa shape index (κ3) is 17.4. The molecule has 1 aliphatic heterocycles. The summed E-state index contributed by atoms with van der Waals surface area (Å²) < 4.78 is 16.0. The number of imide groups is 1. The van der Waals surface area contributed by atoms with E-state index in [9.17, 15) is 33.6 Å². The fourth-order valence-electron chi connectivity index (χ4n) is 6.26. The van der Waals surface area contributed by atoms with Crippen molar-refractivity contribution in [2.45, 2.75) is 92.7 Å². The molecule has 4 N–H and O–H groups in total. The van der Waals surface area contributed by atoms with E-state index in [2.05, 4.69) is 22.9 Å². The van der Waals surface area contributed by atoms with Crippen LogP contribution in [0.1, 0.15) is 85.6 Å². The van der Waals surface area contributed by atoms with Gasteiger partial charge >= 0.3 is 12.2 Å². The highest BCUT2D eigenvalue weighted by atomic mass is 16.6. The van der Waals surface area contributed by atoms with Gasteiger partial charge in [0, 0.05) is 57.7 Å². The van der Waals surface area contributed by atoms with Gasteiger partial charge in [0.05, 0.1) is 26.3 Å². The first kappa shape index (κ1) is 49.4. The second kappa shape index (κ2) is 26.3. The number of likely N-dealkylation sites (tertiary alicyclic amines) is 1. The third-order valence-corrected chi connectivity index (χ3v) is 10.1. The van der Waals surface area contributed by atoms with Gasteiger partial charge in [0.1, 0.15) is 19.3 Å². The molecule has 0 saturated carbocycles. The highest BCUT2D eigenvalue weighted by Gasteiger charge is 2.39. The predicted octanol–water partition coefficient (Wildman–Crippen LogP) is 3.54. The van der Waals surface area contributed by atoms with Gasteiger partial charge in [0.2, 0.25) is 29.5 Å². The summed E-state index contributed by atoms with van der Waals surface area (Å²) in [6.45, 7) is 12.4. The monoisotopic (exact) mass is 818 g/mol. The average molecular weight is 819 g/mol. The number of anilines is 1. The smallest absolute Gasteiger partial charge is 0.409 e. The number of nitrogens with one attached hydrogen (secondary N) is 3. The zero-order valence-electron chi connectivity index (χ0n) is 35.4. The number of aliphatic hydroxyl groups excluding tert-OH is 1. The first-order valence-corrected chi connectivity index (χ1v) is 20.4. The minimum atomic E-state index is -0.984. The Morgan fingerprint density at radius 3 is 2.24 bits per heavy atom. The number of likely N-dealkylation sites (N-methyl/N-ethyl adjacent to an activating group) is 1. The molecule has 3 atom stereocenters. The molecule has 17 nitrogen and oxygen atoms in total. The third-order valence-electron chi connectivity index (χ3n) is 10.1. The minimum Gasteiger partial charge on any atom is -0.447 e. The number of benzene rings is 1. The largest absolute Gasteiger partial charge is 0.447 e. The van der Waals surface area contributed by atoms with E-state index < -0.39 is 30.0 Å². The van der Waals surface area contributed by atoms with Crippen LogP contribution in [0.2, 0.25) is 0 Å². The maximum absolute atomic E-state index is 12.9. The lowest BCUT2D eigenvalue weighted by Crippen LogP contribution is -2.51. The van der Waals surface area contributed by atoms with Gasteiger partial charge in [-0.2, -0.15) is 0 Å². The first-order valence-electron chi connectivity index (χ1n) is 20.4. The molecule has 326 valence electrons. The second-order valence-corrected chi connectivity index (χ2v) is 15.2. The Morgan fingerprint density at radius 2 is 1.64 bits per heavy atom. The topological polar surface area (TPSA) is 213 Å². The van der Waals surface area contributed by atoms with Crippen molar-refractivity contribution in [3.63, 3.8) is 0 Å². The molecule has 17 heteroatoms. The number of amides is 7. The summed E-state index contributed by atoms with van der Waals surface area (Å²) in [6.07, 6.45) is 2.66. The minimum absolute atomic E-state index is 0.00483. The summed E-state index contributed by atoms with van der Waals surface area (Å²) in [5, 5.41) is 16.9. The van der Waals surface area contributed by atoms with E-state index >= 15 is 0 Å². The van der Waals surface area contributed by atoms with Crippen LogP contribution in [-0.2, 0) is 44.8 Å². The van der Waals surface area contributed by atoms with Crippen LogP contribution in [0, 0.1) is 23.7 Å². The van der Waals surface area contributed by atoms with Gasteiger partial charge in [-0.05, 0) is 54.7 Å². The van der Waals surface area contributed by atoms with E-state index in [-0.39, 0.29) is 88.0 Å². The lowest BCUT2D eigenvalue weighted by molar-refractivity contribution is -0.140. The van der Waals surface area contributed by atoms with Crippen molar-refractivity contribution in [2.75, 3.05) is 71.5 Å². The lowest BCUT2D eigenvalue weighted by atomic mass is 9.94. The van der Waals surface area contributed by atoms with Crippen LogP contribution in [-0.4, -0.2) is 134 Å². The van der Waals surface area contributed by atoms with Crippen LogP contribution in [0.4, 0.5) is 15.3 Å². The Kier molecular flexibility index (Phi) is 22.4. The number of alkyl carbamates (subject to hydrolysis) is 1. The highest BCUT2D eigenvalue weighted by molar-refractivity contribution is 6.03. The normalized spacial score (nSPS) is 14.9. The lowest BCUT2D eigenvalue weighted by Gasteiger charge is -2.27. The van der Waals surface area contributed by atoms with E-state index in [1.54, 1.807) is 50.1 Å². The molecule has 0 radical (unpaired) electrons. The number of nitrogens with zero attached hydrogens (tertiary/aromatic N) is 3.